The minimum atomic E-state index is 0.156. The highest BCUT2D eigenvalue weighted by Crippen LogP contribution is 2.68. The molecule has 0 bridgehead atoms. The molecule has 0 saturated heterocycles. The Morgan fingerprint density at radius 3 is 2.63 bits per heavy atom. The van der Waals surface area contributed by atoms with Crippen LogP contribution in [0.5, 0.6) is 0 Å². The Balaban J connectivity index is 1.42. The number of amides is 1. The van der Waals surface area contributed by atoms with Crippen LogP contribution in [0.25, 0.3) is 0 Å². The van der Waals surface area contributed by atoms with Gasteiger partial charge in [0.1, 0.15) is 5.78 Å². The Morgan fingerprint density at radius 2 is 1.87 bits per heavy atom. The predicted octanol–water partition coefficient (Wildman–Crippen LogP) is 5.99. The molecule has 0 aliphatic heterocycles. The lowest BCUT2D eigenvalue weighted by Crippen LogP contribution is -2.53. The first kappa shape index (κ1) is 22.6. The second-order valence-corrected chi connectivity index (χ2v) is 12.1. The summed E-state index contributed by atoms with van der Waals surface area (Å²) < 4.78 is 0. The minimum Gasteiger partial charge on any atom is -0.355 e. The van der Waals surface area contributed by atoms with E-state index >= 15 is 0 Å². The molecule has 3 nitrogen and oxygen atoms in total. The van der Waals surface area contributed by atoms with Gasteiger partial charge >= 0.3 is 0 Å². The first-order chi connectivity index (χ1) is 14.3. The second kappa shape index (κ2) is 8.75. The molecule has 170 valence electrons. The number of rotatable bonds is 6. The van der Waals surface area contributed by atoms with Crippen molar-refractivity contribution in [2.45, 2.75) is 91.4 Å². The third-order valence-corrected chi connectivity index (χ3v) is 10.7. The van der Waals surface area contributed by atoms with Gasteiger partial charge in [0.05, 0.1) is 0 Å². The van der Waals surface area contributed by atoms with Gasteiger partial charge in [0.15, 0.2) is 0 Å². The van der Waals surface area contributed by atoms with E-state index in [0.717, 1.165) is 49.4 Å². The maximum absolute atomic E-state index is 12.1. The van der Waals surface area contributed by atoms with Gasteiger partial charge in [-0.15, -0.1) is 11.6 Å². The summed E-state index contributed by atoms with van der Waals surface area (Å²) in [6, 6.07) is 0. The lowest BCUT2D eigenvalue weighted by molar-refractivity contribution is -0.140. The van der Waals surface area contributed by atoms with E-state index in [1.165, 1.54) is 38.5 Å². The second-order valence-electron chi connectivity index (χ2n) is 11.7. The first-order valence-corrected chi connectivity index (χ1v) is 13.2. The fourth-order valence-corrected chi connectivity index (χ4v) is 8.95. The molecule has 4 saturated carbocycles. The molecule has 0 radical (unpaired) electrons. The molecular formula is C26H42ClNO2. The molecule has 4 rings (SSSR count). The van der Waals surface area contributed by atoms with Gasteiger partial charge in [0.2, 0.25) is 5.91 Å². The molecule has 0 aromatic heterocycles. The molecule has 1 N–H and O–H groups in total. The lowest BCUT2D eigenvalue weighted by atomic mass is 9.44. The van der Waals surface area contributed by atoms with Gasteiger partial charge in [-0.3, -0.25) is 9.59 Å². The van der Waals surface area contributed by atoms with Crippen LogP contribution < -0.4 is 5.32 Å². The van der Waals surface area contributed by atoms with Gasteiger partial charge in [-0.2, -0.15) is 0 Å². The van der Waals surface area contributed by atoms with Crippen molar-refractivity contribution in [3.05, 3.63) is 0 Å². The van der Waals surface area contributed by atoms with Crippen LogP contribution in [-0.2, 0) is 9.59 Å². The standard InChI is InChI=1S/C26H42ClNO2/c1-17(4-9-24(30)28-15-14-27)21-7-8-22-20-6-5-18-16-19(29)10-12-25(18,2)23(20)11-13-26(21,22)3/h17-18,20-23H,4-16H2,1-3H3,(H,28,30). The summed E-state index contributed by atoms with van der Waals surface area (Å²) in [5.41, 5.74) is 0.850. The number of ketones is 1. The molecule has 0 aromatic carbocycles. The molecule has 30 heavy (non-hydrogen) atoms. The Kier molecular flexibility index (Phi) is 6.60. The number of hydrogen-bond donors (Lipinski definition) is 1. The number of carbonyl (C=O) groups excluding carboxylic acids is 2. The van der Waals surface area contributed by atoms with Gasteiger partial charge in [0.25, 0.3) is 0 Å². The summed E-state index contributed by atoms with van der Waals surface area (Å²) in [5, 5.41) is 2.92. The summed E-state index contributed by atoms with van der Waals surface area (Å²) in [7, 11) is 0. The van der Waals surface area contributed by atoms with Crippen molar-refractivity contribution in [2.24, 2.45) is 46.3 Å². The van der Waals surface area contributed by atoms with Gasteiger partial charge in [0, 0.05) is 31.7 Å². The summed E-state index contributed by atoms with van der Waals surface area (Å²) in [6.07, 6.45) is 12.5. The average Bonchev–Trinajstić information content (AvgIpc) is 3.08. The van der Waals surface area contributed by atoms with Crippen LogP contribution in [0.15, 0.2) is 0 Å². The highest BCUT2D eigenvalue weighted by molar-refractivity contribution is 6.18. The number of Topliss-reactive ketones (excluding diaryl/α,β-unsaturated/α-hetero) is 1. The molecule has 0 heterocycles. The zero-order chi connectivity index (χ0) is 21.5. The molecular weight excluding hydrogens is 394 g/mol. The quantitative estimate of drug-likeness (QED) is 0.521. The van der Waals surface area contributed by atoms with Crippen LogP contribution in [0.2, 0.25) is 0 Å². The van der Waals surface area contributed by atoms with Crippen molar-refractivity contribution in [3.8, 4) is 0 Å². The highest BCUT2D eigenvalue weighted by Gasteiger charge is 2.60. The monoisotopic (exact) mass is 435 g/mol. The largest absolute Gasteiger partial charge is 0.355 e. The maximum Gasteiger partial charge on any atom is 0.220 e. The number of halogens is 1. The molecule has 8 atom stereocenters. The van der Waals surface area contributed by atoms with Crippen LogP contribution in [0.4, 0.5) is 0 Å². The number of fused-ring (bicyclic) bond motifs is 5. The first-order valence-electron chi connectivity index (χ1n) is 12.6. The van der Waals surface area contributed by atoms with Crippen molar-refractivity contribution in [1.82, 2.24) is 5.32 Å². The van der Waals surface area contributed by atoms with Crippen LogP contribution in [-0.4, -0.2) is 24.1 Å². The molecule has 4 heteroatoms. The molecule has 8 unspecified atom stereocenters. The fourth-order valence-electron chi connectivity index (χ4n) is 8.86. The van der Waals surface area contributed by atoms with E-state index in [0.29, 0.717) is 47.3 Å². The van der Waals surface area contributed by atoms with E-state index in [4.69, 9.17) is 11.6 Å². The Hall–Kier alpha value is -0.570. The predicted molar refractivity (Wildman–Crippen MR) is 122 cm³/mol. The smallest absolute Gasteiger partial charge is 0.220 e. The van der Waals surface area contributed by atoms with Crippen LogP contribution in [0, 0.1) is 46.3 Å². The van der Waals surface area contributed by atoms with Crippen molar-refractivity contribution >= 4 is 23.3 Å². The van der Waals surface area contributed by atoms with E-state index in [1.54, 1.807) is 0 Å². The summed E-state index contributed by atoms with van der Waals surface area (Å²) in [6.45, 7) is 8.10. The zero-order valence-electron chi connectivity index (χ0n) is 19.4. The minimum absolute atomic E-state index is 0.156. The number of hydrogen-bond acceptors (Lipinski definition) is 2. The molecule has 4 aliphatic rings. The Morgan fingerprint density at radius 1 is 1.10 bits per heavy atom. The number of alkyl halides is 1. The lowest BCUT2D eigenvalue weighted by Gasteiger charge is -2.60. The molecule has 1 amide bonds. The fraction of sp³-hybridized carbons (Fsp3) is 0.923. The van der Waals surface area contributed by atoms with E-state index in [-0.39, 0.29) is 5.91 Å². The van der Waals surface area contributed by atoms with E-state index in [9.17, 15) is 9.59 Å². The van der Waals surface area contributed by atoms with E-state index in [1.807, 2.05) is 0 Å². The topological polar surface area (TPSA) is 46.2 Å². The van der Waals surface area contributed by atoms with Crippen molar-refractivity contribution in [1.29, 1.82) is 0 Å². The summed E-state index contributed by atoms with van der Waals surface area (Å²) >= 11 is 5.69. The third kappa shape index (κ3) is 3.86. The van der Waals surface area contributed by atoms with Crippen molar-refractivity contribution < 1.29 is 9.59 Å². The molecule has 4 fully saturated rings. The average molecular weight is 436 g/mol. The van der Waals surface area contributed by atoms with Crippen LogP contribution in [0.1, 0.15) is 91.4 Å². The summed E-state index contributed by atoms with van der Waals surface area (Å²) in [5.74, 6) is 5.71. The van der Waals surface area contributed by atoms with Gasteiger partial charge in [-0.25, -0.2) is 0 Å². The van der Waals surface area contributed by atoms with Crippen molar-refractivity contribution in [2.75, 3.05) is 12.4 Å². The normalized spacial score (nSPS) is 44.0. The van der Waals surface area contributed by atoms with E-state index in [2.05, 4.69) is 26.1 Å². The highest BCUT2D eigenvalue weighted by atomic mass is 35.5. The maximum atomic E-state index is 12.1. The molecule has 4 aliphatic carbocycles. The Labute approximate surface area is 188 Å². The number of carbonyl (C=O) groups is 2. The number of nitrogens with one attached hydrogen (secondary N) is 1. The van der Waals surface area contributed by atoms with Crippen molar-refractivity contribution in [3.63, 3.8) is 0 Å². The zero-order valence-corrected chi connectivity index (χ0v) is 20.1. The summed E-state index contributed by atoms with van der Waals surface area (Å²) in [4.78, 5) is 24.2. The van der Waals surface area contributed by atoms with E-state index < -0.39 is 0 Å². The van der Waals surface area contributed by atoms with Crippen LogP contribution in [0.3, 0.4) is 0 Å². The van der Waals surface area contributed by atoms with Gasteiger partial charge in [-0.1, -0.05) is 20.8 Å². The third-order valence-electron chi connectivity index (χ3n) is 10.5. The van der Waals surface area contributed by atoms with Gasteiger partial charge in [-0.05, 0) is 97.7 Å². The Bertz CT molecular complexity index is 665. The van der Waals surface area contributed by atoms with Gasteiger partial charge < -0.3 is 5.32 Å². The molecule has 0 spiro atoms. The SMILES string of the molecule is CC(CCC(=O)NCCCl)C1CCC2C3CCC4CC(=O)CCC4(C)C3CCC12C. The van der Waals surface area contributed by atoms with Crippen LogP contribution >= 0.6 is 11.6 Å². The molecule has 0 aromatic rings.